The van der Waals surface area contributed by atoms with Crippen molar-refractivity contribution in [2.45, 2.75) is 44.6 Å². The lowest BCUT2D eigenvalue weighted by Crippen LogP contribution is -2.45. The average Bonchev–Trinajstić information content (AvgIpc) is 3.16. The molecule has 1 aliphatic heterocycles. The molecule has 7 nitrogen and oxygen atoms in total. The van der Waals surface area contributed by atoms with E-state index < -0.39 is 27.9 Å². The minimum absolute atomic E-state index is 0.0655. The number of sulfonamides is 1. The Morgan fingerprint density at radius 3 is 2.29 bits per heavy atom. The van der Waals surface area contributed by atoms with E-state index >= 15 is 0 Å². The number of carbonyl (C=O) groups excluding carboxylic acids is 2. The number of amides is 2. The van der Waals surface area contributed by atoms with Crippen molar-refractivity contribution in [3.8, 4) is 0 Å². The van der Waals surface area contributed by atoms with E-state index in [1.165, 1.54) is 4.31 Å². The van der Waals surface area contributed by atoms with Gasteiger partial charge in [-0.15, -0.1) is 0 Å². The van der Waals surface area contributed by atoms with E-state index in [0.29, 0.717) is 46.1 Å². The van der Waals surface area contributed by atoms with E-state index in [-0.39, 0.29) is 6.54 Å². The van der Waals surface area contributed by atoms with Crippen LogP contribution in [0.25, 0.3) is 0 Å². The van der Waals surface area contributed by atoms with Crippen molar-refractivity contribution in [1.82, 2.24) is 9.62 Å². The maximum absolute atomic E-state index is 13.4. The maximum Gasteiger partial charge on any atom is 0.313 e. The summed E-state index contributed by atoms with van der Waals surface area (Å²) in [5.74, 6) is -1.64. The zero-order valence-electron chi connectivity index (χ0n) is 17.7. The minimum atomic E-state index is -3.72. The van der Waals surface area contributed by atoms with E-state index in [9.17, 15) is 18.0 Å². The molecule has 1 atom stereocenters. The molecule has 166 valence electrons. The Morgan fingerprint density at radius 2 is 1.68 bits per heavy atom. The van der Waals surface area contributed by atoms with E-state index in [4.69, 9.17) is 11.6 Å². The summed E-state index contributed by atoms with van der Waals surface area (Å²) in [6.45, 7) is 5.96. The van der Waals surface area contributed by atoms with Crippen molar-refractivity contribution in [3.63, 3.8) is 0 Å². The van der Waals surface area contributed by atoms with Gasteiger partial charge < -0.3 is 10.6 Å². The van der Waals surface area contributed by atoms with Crippen LogP contribution in [0.1, 0.15) is 29.5 Å². The van der Waals surface area contributed by atoms with E-state index in [1.54, 1.807) is 38.1 Å². The second kappa shape index (κ2) is 9.38. The second-order valence-electron chi connectivity index (χ2n) is 7.81. The predicted molar refractivity (Wildman–Crippen MR) is 121 cm³/mol. The topological polar surface area (TPSA) is 95.6 Å². The van der Waals surface area contributed by atoms with E-state index in [2.05, 4.69) is 10.6 Å². The highest BCUT2D eigenvalue weighted by atomic mass is 35.5. The van der Waals surface area contributed by atoms with Crippen LogP contribution in [0, 0.1) is 20.8 Å². The fourth-order valence-corrected chi connectivity index (χ4v) is 6.27. The van der Waals surface area contributed by atoms with Crippen LogP contribution < -0.4 is 10.6 Å². The molecule has 0 aliphatic carbocycles. The summed E-state index contributed by atoms with van der Waals surface area (Å²) in [4.78, 5) is 24.7. The Balaban J connectivity index is 1.67. The van der Waals surface area contributed by atoms with Crippen molar-refractivity contribution in [2.24, 2.45) is 0 Å². The molecule has 2 aromatic carbocycles. The lowest BCUT2D eigenvalue weighted by atomic mass is 10.1. The van der Waals surface area contributed by atoms with Crippen LogP contribution in [0.4, 0.5) is 5.69 Å². The quantitative estimate of drug-likeness (QED) is 0.666. The van der Waals surface area contributed by atoms with E-state index in [0.717, 1.165) is 5.56 Å². The van der Waals surface area contributed by atoms with Gasteiger partial charge in [-0.25, -0.2) is 8.42 Å². The van der Waals surface area contributed by atoms with Crippen LogP contribution >= 0.6 is 11.6 Å². The lowest BCUT2D eigenvalue weighted by Gasteiger charge is -2.26. The van der Waals surface area contributed by atoms with Crippen LogP contribution in [0.2, 0.25) is 5.02 Å². The molecule has 0 saturated carbocycles. The molecule has 2 N–H and O–H groups in total. The highest BCUT2D eigenvalue weighted by Gasteiger charge is 2.37. The Morgan fingerprint density at radius 1 is 1.06 bits per heavy atom. The van der Waals surface area contributed by atoms with Gasteiger partial charge in [0.05, 0.1) is 4.90 Å². The SMILES string of the molecule is Cc1cc(C)c(S(=O)(=O)N2CCC[C@@H]2CNC(=O)C(=O)Nc2ccc(Cl)cc2)c(C)c1. The first-order chi connectivity index (χ1) is 14.6. The number of hydrogen-bond donors (Lipinski definition) is 2. The number of rotatable bonds is 5. The van der Waals surface area contributed by atoms with Gasteiger partial charge in [-0.1, -0.05) is 29.3 Å². The van der Waals surface area contributed by atoms with Crippen LogP contribution in [-0.4, -0.2) is 43.7 Å². The molecular weight excluding hydrogens is 438 g/mol. The summed E-state index contributed by atoms with van der Waals surface area (Å²) in [6, 6.07) is 9.69. The van der Waals surface area contributed by atoms with Gasteiger partial charge >= 0.3 is 11.8 Å². The molecule has 2 aromatic rings. The van der Waals surface area contributed by atoms with Crippen LogP contribution in [0.5, 0.6) is 0 Å². The van der Waals surface area contributed by atoms with Crippen molar-refractivity contribution in [3.05, 3.63) is 58.1 Å². The molecule has 1 heterocycles. The summed E-state index contributed by atoms with van der Waals surface area (Å²) in [5, 5.41) is 5.57. The zero-order chi connectivity index (χ0) is 22.8. The summed E-state index contributed by atoms with van der Waals surface area (Å²) in [6.07, 6.45) is 1.31. The number of anilines is 1. The zero-order valence-corrected chi connectivity index (χ0v) is 19.3. The largest absolute Gasteiger partial charge is 0.346 e. The maximum atomic E-state index is 13.4. The molecule has 1 saturated heterocycles. The molecule has 0 radical (unpaired) electrons. The Hall–Kier alpha value is -2.42. The predicted octanol–water partition coefficient (Wildman–Crippen LogP) is 3.17. The van der Waals surface area contributed by atoms with E-state index in [1.807, 2.05) is 19.1 Å². The van der Waals surface area contributed by atoms with Crippen molar-refractivity contribution >= 4 is 39.1 Å². The molecular formula is C22H26ClN3O4S. The molecule has 3 rings (SSSR count). The van der Waals surface area contributed by atoms with Gasteiger partial charge in [0.2, 0.25) is 10.0 Å². The van der Waals surface area contributed by atoms with Gasteiger partial charge in [0.1, 0.15) is 0 Å². The van der Waals surface area contributed by atoms with Gasteiger partial charge in [0, 0.05) is 29.8 Å². The smallest absolute Gasteiger partial charge is 0.313 e. The molecule has 0 bridgehead atoms. The average molecular weight is 464 g/mol. The summed E-state index contributed by atoms with van der Waals surface area (Å²) < 4.78 is 28.2. The molecule has 0 unspecified atom stereocenters. The Kier molecular flexibility index (Phi) is 7.03. The van der Waals surface area contributed by atoms with Crippen molar-refractivity contribution in [1.29, 1.82) is 0 Å². The van der Waals surface area contributed by atoms with Gasteiger partial charge in [0.25, 0.3) is 0 Å². The first kappa shape index (κ1) is 23.2. The first-order valence-corrected chi connectivity index (χ1v) is 11.9. The summed E-state index contributed by atoms with van der Waals surface area (Å²) in [5.41, 5.74) is 2.86. The van der Waals surface area contributed by atoms with Gasteiger partial charge in [-0.2, -0.15) is 4.31 Å². The van der Waals surface area contributed by atoms with Crippen molar-refractivity contribution < 1.29 is 18.0 Å². The lowest BCUT2D eigenvalue weighted by molar-refractivity contribution is -0.136. The second-order valence-corrected chi connectivity index (χ2v) is 10.1. The third kappa shape index (κ3) is 5.26. The number of halogens is 1. The molecule has 2 amide bonds. The van der Waals surface area contributed by atoms with Crippen LogP contribution in [-0.2, 0) is 19.6 Å². The van der Waals surface area contributed by atoms with Gasteiger partial charge in [-0.05, 0) is 69.0 Å². The van der Waals surface area contributed by atoms with Gasteiger partial charge in [0.15, 0.2) is 0 Å². The number of benzene rings is 2. The normalized spacial score (nSPS) is 16.8. The standard InChI is InChI=1S/C22H26ClN3O4S/c1-14-11-15(2)20(16(3)12-14)31(29,30)26-10-4-5-19(26)13-24-21(27)22(28)25-18-8-6-17(23)7-9-18/h6-9,11-12,19H,4-5,10,13H2,1-3H3,(H,24,27)(H,25,28)/t19-/m1/s1. The monoisotopic (exact) mass is 463 g/mol. The molecule has 1 fully saturated rings. The molecule has 31 heavy (non-hydrogen) atoms. The third-order valence-electron chi connectivity index (χ3n) is 5.30. The molecule has 1 aliphatic rings. The first-order valence-electron chi connectivity index (χ1n) is 10.0. The fourth-order valence-electron chi connectivity index (χ4n) is 4.03. The molecule has 9 heteroatoms. The molecule has 0 aromatic heterocycles. The van der Waals surface area contributed by atoms with Crippen molar-refractivity contribution in [2.75, 3.05) is 18.4 Å². The Labute approximate surface area is 187 Å². The van der Waals surface area contributed by atoms with Crippen LogP contribution in [0.15, 0.2) is 41.3 Å². The highest BCUT2D eigenvalue weighted by molar-refractivity contribution is 7.89. The highest BCUT2D eigenvalue weighted by Crippen LogP contribution is 2.30. The van der Waals surface area contributed by atoms with Crippen LogP contribution in [0.3, 0.4) is 0 Å². The minimum Gasteiger partial charge on any atom is -0.346 e. The molecule has 0 spiro atoms. The third-order valence-corrected chi connectivity index (χ3v) is 7.81. The number of nitrogens with zero attached hydrogens (tertiary/aromatic N) is 1. The number of nitrogens with one attached hydrogen (secondary N) is 2. The Bertz CT molecular complexity index is 1080. The number of aryl methyl sites for hydroxylation is 3. The number of carbonyl (C=O) groups is 2. The summed E-state index contributed by atoms with van der Waals surface area (Å²) >= 11 is 5.81. The number of hydrogen-bond acceptors (Lipinski definition) is 4. The van der Waals surface area contributed by atoms with Gasteiger partial charge in [-0.3, -0.25) is 9.59 Å². The fraction of sp³-hybridized carbons (Fsp3) is 0.364. The summed E-state index contributed by atoms with van der Waals surface area (Å²) in [7, 11) is -3.72.